The summed E-state index contributed by atoms with van der Waals surface area (Å²) in [7, 11) is 3.52. The summed E-state index contributed by atoms with van der Waals surface area (Å²) in [6.07, 6.45) is 6.03. The smallest absolute Gasteiger partial charge is 0.416 e. The highest BCUT2D eigenvalue weighted by molar-refractivity contribution is 5.69. The quantitative estimate of drug-likeness (QED) is 0.716. The lowest BCUT2D eigenvalue weighted by Gasteiger charge is -2.37. The van der Waals surface area contributed by atoms with Crippen molar-refractivity contribution in [2.24, 2.45) is 13.0 Å². The number of aromatic nitrogens is 2. The van der Waals surface area contributed by atoms with E-state index in [1.54, 1.807) is 31.3 Å². The van der Waals surface area contributed by atoms with Gasteiger partial charge in [-0.15, -0.1) is 0 Å². The SMILES string of the molecule is CN(CC1CC(Oc2ccc(CN3CCCC3)cc2)C1)C(=O)Oc1ccnn1C. The van der Waals surface area contributed by atoms with Crippen molar-refractivity contribution in [3.05, 3.63) is 42.1 Å². The predicted octanol–water partition coefficient (Wildman–Crippen LogP) is 3.30. The van der Waals surface area contributed by atoms with E-state index in [0.717, 1.165) is 25.1 Å². The molecule has 1 saturated heterocycles. The standard InChI is InChI=1S/C22H30N4O3/c1-24(22(27)29-21-9-10-23-25(21)2)15-18-13-20(14-18)28-19-7-5-17(6-8-19)16-26-11-3-4-12-26/h5-10,18,20H,3-4,11-16H2,1-2H3. The summed E-state index contributed by atoms with van der Waals surface area (Å²) in [5.74, 6) is 1.82. The Hall–Kier alpha value is -2.54. The summed E-state index contributed by atoms with van der Waals surface area (Å²) in [5.41, 5.74) is 1.35. The number of ether oxygens (including phenoxy) is 2. The predicted molar refractivity (Wildman–Crippen MR) is 110 cm³/mol. The molecule has 0 N–H and O–H groups in total. The lowest BCUT2D eigenvalue weighted by molar-refractivity contribution is 0.0481. The molecule has 2 aliphatic rings. The van der Waals surface area contributed by atoms with Gasteiger partial charge in [0.1, 0.15) is 5.75 Å². The van der Waals surface area contributed by atoms with Gasteiger partial charge in [0.2, 0.25) is 5.88 Å². The van der Waals surface area contributed by atoms with Crippen LogP contribution in [0.15, 0.2) is 36.5 Å². The zero-order valence-electron chi connectivity index (χ0n) is 17.3. The van der Waals surface area contributed by atoms with Gasteiger partial charge in [0.05, 0.1) is 12.3 Å². The summed E-state index contributed by atoms with van der Waals surface area (Å²) in [5, 5.41) is 4.00. The first-order chi connectivity index (χ1) is 14.1. The number of nitrogens with zero attached hydrogens (tertiary/aromatic N) is 4. The Kier molecular flexibility index (Phi) is 6.04. The molecule has 156 valence electrons. The van der Waals surface area contributed by atoms with Gasteiger partial charge >= 0.3 is 6.09 Å². The van der Waals surface area contributed by atoms with Gasteiger partial charge in [-0.2, -0.15) is 5.10 Å². The van der Waals surface area contributed by atoms with E-state index >= 15 is 0 Å². The van der Waals surface area contributed by atoms with E-state index in [4.69, 9.17) is 9.47 Å². The van der Waals surface area contributed by atoms with Crippen molar-refractivity contribution in [3.63, 3.8) is 0 Å². The Morgan fingerprint density at radius 2 is 1.90 bits per heavy atom. The fraction of sp³-hybridized carbons (Fsp3) is 0.545. The van der Waals surface area contributed by atoms with Crippen LogP contribution >= 0.6 is 0 Å². The van der Waals surface area contributed by atoms with Gasteiger partial charge in [-0.25, -0.2) is 9.48 Å². The minimum Gasteiger partial charge on any atom is -0.490 e. The number of likely N-dealkylation sites (tertiary alicyclic amines) is 1. The molecule has 2 fully saturated rings. The molecular weight excluding hydrogens is 368 g/mol. The van der Waals surface area contributed by atoms with Crippen molar-refractivity contribution in [2.75, 3.05) is 26.7 Å². The summed E-state index contributed by atoms with van der Waals surface area (Å²) in [6, 6.07) is 10.2. The number of carbonyl (C=O) groups is 1. The highest BCUT2D eigenvalue weighted by Gasteiger charge is 2.33. The molecule has 0 bridgehead atoms. The molecule has 2 heterocycles. The largest absolute Gasteiger partial charge is 0.490 e. The van der Waals surface area contributed by atoms with Gasteiger partial charge in [0.25, 0.3) is 0 Å². The Balaban J connectivity index is 1.17. The van der Waals surface area contributed by atoms with Crippen molar-refractivity contribution >= 4 is 6.09 Å². The Bertz CT molecular complexity index is 808. The lowest BCUT2D eigenvalue weighted by atomic mass is 9.82. The molecule has 7 nitrogen and oxygen atoms in total. The van der Waals surface area contributed by atoms with Crippen molar-refractivity contribution in [2.45, 2.75) is 38.3 Å². The van der Waals surface area contributed by atoms with Crippen LogP contribution < -0.4 is 9.47 Å². The maximum Gasteiger partial charge on any atom is 0.416 e. The molecule has 1 aromatic carbocycles. The van der Waals surface area contributed by atoms with E-state index in [9.17, 15) is 4.79 Å². The summed E-state index contributed by atoms with van der Waals surface area (Å²) in [6.45, 7) is 4.13. The maximum atomic E-state index is 12.2. The first kappa shape index (κ1) is 19.8. The lowest BCUT2D eigenvalue weighted by Crippen LogP contribution is -2.42. The van der Waals surface area contributed by atoms with Gasteiger partial charge in [0.15, 0.2) is 0 Å². The average Bonchev–Trinajstić information content (AvgIpc) is 3.33. The third-order valence-corrected chi connectivity index (χ3v) is 5.83. The van der Waals surface area contributed by atoms with Gasteiger partial charge in [0, 0.05) is 33.3 Å². The fourth-order valence-electron chi connectivity index (χ4n) is 4.08. The molecule has 1 saturated carbocycles. The monoisotopic (exact) mass is 398 g/mol. The number of aryl methyl sites for hydroxylation is 1. The summed E-state index contributed by atoms with van der Waals surface area (Å²) < 4.78 is 13.0. The van der Waals surface area contributed by atoms with Crippen LogP contribution in [0.25, 0.3) is 0 Å². The molecule has 1 amide bonds. The number of rotatable bonds is 7. The molecular formula is C22H30N4O3. The van der Waals surface area contributed by atoms with Crippen LogP contribution in [0.2, 0.25) is 0 Å². The van der Waals surface area contributed by atoms with Crippen molar-refractivity contribution in [1.82, 2.24) is 19.6 Å². The first-order valence-corrected chi connectivity index (χ1v) is 10.5. The maximum absolute atomic E-state index is 12.2. The molecule has 0 atom stereocenters. The van der Waals surface area contributed by atoms with E-state index in [2.05, 4.69) is 34.3 Å². The molecule has 29 heavy (non-hydrogen) atoms. The number of hydrogen-bond acceptors (Lipinski definition) is 5. The molecule has 0 unspecified atom stereocenters. The Morgan fingerprint density at radius 1 is 1.17 bits per heavy atom. The highest BCUT2D eigenvalue weighted by atomic mass is 16.6. The molecule has 0 radical (unpaired) electrons. The zero-order chi connectivity index (χ0) is 20.2. The third-order valence-electron chi connectivity index (χ3n) is 5.83. The van der Waals surface area contributed by atoms with E-state index in [1.807, 2.05) is 0 Å². The van der Waals surface area contributed by atoms with Crippen molar-refractivity contribution in [1.29, 1.82) is 0 Å². The topological polar surface area (TPSA) is 59.8 Å². The first-order valence-electron chi connectivity index (χ1n) is 10.5. The van der Waals surface area contributed by atoms with Crippen LogP contribution in [0.4, 0.5) is 4.79 Å². The van der Waals surface area contributed by atoms with E-state index in [-0.39, 0.29) is 12.2 Å². The second-order valence-electron chi connectivity index (χ2n) is 8.25. The van der Waals surface area contributed by atoms with Crippen molar-refractivity contribution in [3.8, 4) is 11.6 Å². The van der Waals surface area contributed by atoms with Crippen LogP contribution in [0.5, 0.6) is 11.6 Å². The minimum atomic E-state index is -0.355. The van der Waals surface area contributed by atoms with Gasteiger partial charge < -0.3 is 14.4 Å². The van der Waals surface area contributed by atoms with Crippen LogP contribution in [0, 0.1) is 5.92 Å². The Labute approximate surface area is 172 Å². The highest BCUT2D eigenvalue weighted by Crippen LogP contribution is 2.32. The fourth-order valence-corrected chi connectivity index (χ4v) is 4.08. The minimum absolute atomic E-state index is 0.228. The average molecular weight is 399 g/mol. The number of amides is 1. The number of carbonyl (C=O) groups excluding carboxylic acids is 1. The molecule has 1 aromatic heterocycles. The van der Waals surface area contributed by atoms with Gasteiger partial charge in [-0.1, -0.05) is 12.1 Å². The van der Waals surface area contributed by atoms with Crippen LogP contribution in [-0.2, 0) is 13.6 Å². The van der Waals surface area contributed by atoms with Crippen LogP contribution in [0.3, 0.4) is 0 Å². The second kappa shape index (κ2) is 8.86. The molecule has 2 aromatic rings. The molecule has 1 aliphatic heterocycles. The molecule has 0 spiro atoms. The molecule has 1 aliphatic carbocycles. The summed E-state index contributed by atoms with van der Waals surface area (Å²) >= 11 is 0. The molecule has 7 heteroatoms. The zero-order valence-corrected chi connectivity index (χ0v) is 17.3. The normalized spacial score (nSPS) is 21.6. The van der Waals surface area contributed by atoms with Crippen LogP contribution in [-0.4, -0.2) is 58.5 Å². The van der Waals surface area contributed by atoms with Crippen molar-refractivity contribution < 1.29 is 14.3 Å². The number of hydrogen-bond donors (Lipinski definition) is 0. The third kappa shape index (κ3) is 5.09. The van der Waals surface area contributed by atoms with E-state index < -0.39 is 0 Å². The van der Waals surface area contributed by atoms with E-state index in [0.29, 0.717) is 18.3 Å². The van der Waals surface area contributed by atoms with Crippen LogP contribution in [0.1, 0.15) is 31.2 Å². The number of benzene rings is 1. The molecule has 4 rings (SSSR count). The van der Waals surface area contributed by atoms with E-state index in [1.165, 1.54) is 36.2 Å². The van der Waals surface area contributed by atoms with Gasteiger partial charge in [-0.05, 0) is 62.4 Å². The Morgan fingerprint density at radius 3 is 2.55 bits per heavy atom. The summed E-state index contributed by atoms with van der Waals surface area (Å²) in [4.78, 5) is 16.3. The van der Waals surface area contributed by atoms with Gasteiger partial charge in [-0.3, -0.25) is 4.90 Å². The second-order valence-corrected chi connectivity index (χ2v) is 8.25.